The molecule has 0 atom stereocenters. The number of benzene rings is 1. The van der Waals surface area contributed by atoms with E-state index in [1.807, 2.05) is 30.0 Å². The van der Waals surface area contributed by atoms with Crippen LogP contribution in [-0.2, 0) is 0 Å². The van der Waals surface area contributed by atoms with Crippen molar-refractivity contribution in [2.24, 2.45) is 5.41 Å². The molecule has 1 aliphatic rings. The molecule has 0 unspecified atom stereocenters. The second-order valence-corrected chi connectivity index (χ2v) is 5.35. The lowest BCUT2D eigenvalue weighted by Gasteiger charge is -2.10. The van der Waals surface area contributed by atoms with Crippen molar-refractivity contribution < 1.29 is 4.74 Å². The van der Waals surface area contributed by atoms with Crippen LogP contribution in [0.3, 0.4) is 0 Å². The van der Waals surface area contributed by atoms with Gasteiger partial charge < -0.3 is 4.74 Å². The molecule has 2 nitrogen and oxygen atoms in total. The molecule has 0 saturated heterocycles. The van der Waals surface area contributed by atoms with Gasteiger partial charge in [-0.25, -0.2) is 0 Å². The van der Waals surface area contributed by atoms with Gasteiger partial charge in [-0.05, 0) is 36.5 Å². The van der Waals surface area contributed by atoms with Crippen LogP contribution in [0.2, 0.25) is 0 Å². The van der Waals surface area contributed by atoms with Crippen LogP contribution in [0.5, 0.6) is 5.75 Å². The zero-order chi connectivity index (χ0) is 11.4. The number of nitrogens with zero attached hydrogens (tertiary/aromatic N) is 1. The molecule has 0 heterocycles. The van der Waals surface area contributed by atoms with Crippen LogP contribution in [-0.4, -0.2) is 12.9 Å². The van der Waals surface area contributed by atoms with Crippen molar-refractivity contribution in [2.45, 2.75) is 24.2 Å². The fourth-order valence-corrected chi connectivity index (χ4v) is 2.88. The average Bonchev–Trinajstić information content (AvgIpc) is 3.08. The maximum absolute atomic E-state index is 8.74. The Morgan fingerprint density at radius 1 is 1.50 bits per heavy atom. The molecular weight excluding hydrogens is 218 g/mol. The summed E-state index contributed by atoms with van der Waals surface area (Å²) in [6.07, 6.45) is 3.11. The molecule has 0 bridgehead atoms. The Morgan fingerprint density at radius 2 is 2.31 bits per heavy atom. The predicted molar refractivity (Wildman–Crippen MR) is 65.6 cm³/mol. The van der Waals surface area contributed by atoms with Crippen molar-refractivity contribution in [2.75, 3.05) is 12.9 Å². The van der Waals surface area contributed by atoms with E-state index in [0.717, 1.165) is 11.5 Å². The lowest BCUT2D eigenvalue weighted by Crippen LogP contribution is -2.02. The average molecular weight is 233 g/mol. The number of methoxy groups -OCH3 is 1. The molecule has 3 heteroatoms. The molecule has 16 heavy (non-hydrogen) atoms. The first-order valence-electron chi connectivity index (χ1n) is 5.42. The van der Waals surface area contributed by atoms with E-state index in [1.54, 1.807) is 7.11 Å². The van der Waals surface area contributed by atoms with Crippen molar-refractivity contribution in [3.8, 4) is 11.8 Å². The van der Waals surface area contributed by atoms with E-state index >= 15 is 0 Å². The molecule has 84 valence electrons. The molecular formula is C13H15NOS. The molecule has 0 spiro atoms. The maximum atomic E-state index is 8.74. The zero-order valence-corrected chi connectivity index (χ0v) is 10.2. The third kappa shape index (κ3) is 2.70. The van der Waals surface area contributed by atoms with Crippen molar-refractivity contribution in [3.63, 3.8) is 0 Å². The fourth-order valence-electron chi connectivity index (χ4n) is 1.64. The second kappa shape index (κ2) is 4.80. The van der Waals surface area contributed by atoms with Crippen molar-refractivity contribution >= 4 is 11.8 Å². The Balaban J connectivity index is 1.92. The molecule has 0 aliphatic heterocycles. The van der Waals surface area contributed by atoms with Crippen LogP contribution in [0.15, 0.2) is 29.2 Å². The van der Waals surface area contributed by atoms with Crippen molar-refractivity contribution in [1.29, 1.82) is 5.26 Å². The second-order valence-electron chi connectivity index (χ2n) is 4.30. The summed E-state index contributed by atoms with van der Waals surface area (Å²) in [6, 6.07) is 10.4. The largest absolute Gasteiger partial charge is 0.497 e. The Bertz CT molecular complexity index is 407. The minimum Gasteiger partial charge on any atom is -0.497 e. The standard InChI is InChI=1S/C13H15NOS/c1-15-11-3-2-4-12(9-11)16-10-13(5-6-13)7-8-14/h2-4,9H,5-7,10H2,1H3. The monoisotopic (exact) mass is 233 g/mol. The van der Waals surface area contributed by atoms with Crippen LogP contribution in [0.1, 0.15) is 19.3 Å². The molecule has 1 saturated carbocycles. The third-order valence-corrected chi connectivity index (χ3v) is 4.34. The van der Waals surface area contributed by atoms with Gasteiger partial charge in [-0.1, -0.05) is 6.07 Å². The van der Waals surface area contributed by atoms with Gasteiger partial charge in [0.2, 0.25) is 0 Å². The number of ether oxygens (including phenoxy) is 1. The smallest absolute Gasteiger partial charge is 0.119 e. The number of hydrogen-bond donors (Lipinski definition) is 0. The van der Waals surface area contributed by atoms with E-state index in [-0.39, 0.29) is 0 Å². The van der Waals surface area contributed by atoms with Gasteiger partial charge in [-0.2, -0.15) is 5.26 Å². The highest BCUT2D eigenvalue weighted by Crippen LogP contribution is 2.51. The lowest BCUT2D eigenvalue weighted by molar-refractivity contribution is 0.413. The number of rotatable bonds is 5. The Labute approximate surface area is 101 Å². The number of nitriles is 1. The maximum Gasteiger partial charge on any atom is 0.119 e. The normalized spacial score (nSPS) is 16.5. The van der Waals surface area contributed by atoms with Gasteiger partial charge in [0.1, 0.15) is 5.75 Å². The predicted octanol–water partition coefficient (Wildman–Crippen LogP) is 3.48. The van der Waals surface area contributed by atoms with E-state index in [9.17, 15) is 0 Å². The first kappa shape index (κ1) is 11.3. The molecule has 2 rings (SSSR count). The highest BCUT2D eigenvalue weighted by atomic mass is 32.2. The fraction of sp³-hybridized carbons (Fsp3) is 0.462. The summed E-state index contributed by atoms with van der Waals surface area (Å²) in [7, 11) is 1.68. The van der Waals surface area contributed by atoms with Crippen LogP contribution in [0.4, 0.5) is 0 Å². The Morgan fingerprint density at radius 3 is 2.94 bits per heavy atom. The first-order valence-corrected chi connectivity index (χ1v) is 6.40. The van der Waals surface area contributed by atoms with Gasteiger partial charge in [0.25, 0.3) is 0 Å². The minimum atomic E-state index is 0.308. The minimum absolute atomic E-state index is 0.308. The molecule has 0 aromatic heterocycles. The van der Waals surface area contributed by atoms with Gasteiger partial charge in [-0.15, -0.1) is 11.8 Å². The lowest BCUT2D eigenvalue weighted by atomic mass is 10.1. The van der Waals surface area contributed by atoms with Crippen LogP contribution >= 0.6 is 11.8 Å². The van der Waals surface area contributed by atoms with Gasteiger partial charge >= 0.3 is 0 Å². The summed E-state index contributed by atoms with van der Waals surface area (Å²) < 4.78 is 5.18. The van der Waals surface area contributed by atoms with E-state index in [0.29, 0.717) is 11.8 Å². The summed E-state index contributed by atoms with van der Waals surface area (Å²) in [5.41, 5.74) is 0.308. The molecule has 1 aromatic carbocycles. The summed E-state index contributed by atoms with van der Waals surface area (Å²) in [5, 5.41) is 8.74. The van der Waals surface area contributed by atoms with Gasteiger partial charge in [0.15, 0.2) is 0 Å². The number of thioether (sulfide) groups is 1. The molecule has 0 amide bonds. The highest BCUT2D eigenvalue weighted by molar-refractivity contribution is 7.99. The molecule has 1 aliphatic carbocycles. The van der Waals surface area contributed by atoms with Crippen LogP contribution in [0.25, 0.3) is 0 Å². The third-order valence-electron chi connectivity index (χ3n) is 3.00. The molecule has 1 aromatic rings. The van der Waals surface area contributed by atoms with Crippen LogP contribution < -0.4 is 4.74 Å². The topological polar surface area (TPSA) is 33.0 Å². The van der Waals surface area contributed by atoms with Crippen LogP contribution in [0, 0.1) is 16.7 Å². The molecule has 0 N–H and O–H groups in total. The summed E-state index contributed by atoms with van der Waals surface area (Å²) in [5.74, 6) is 1.95. The highest BCUT2D eigenvalue weighted by Gasteiger charge is 2.42. The quantitative estimate of drug-likeness (QED) is 0.730. The summed E-state index contributed by atoms with van der Waals surface area (Å²) >= 11 is 1.83. The van der Waals surface area contributed by atoms with E-state index in [4.69, 9.17) is 10.00 Å². The summed E-state index contributed by atoms with van der Waals surface area (Å²) in [6.45, 7) is 0. The van der Waals surface area contributed by atoms with Gasteiger partial charge in [0, 0.05) is 17.1 Å². The van der Waals surface area contributed by atoms with Crippen molar-refractivity contribution in [3.05, 3.63) is 24.3 Å². The Kier molecular flexibility index (Phi) is 3.40. The Hall–Kier alpha value is -1.14. The van der Waals surface area contributed by atoms with E-state index < -0.39 is 0 Å². The van der Waals surface area contributed by atoms with Gasteiger partial charge in [0.05, 0.1) is 13.2 Å². The number of hydrogen-bond acceptors (Lipinski definition) is 3. The first-order chi connectivity index (χ1) is 7.78. The van der Waals surface area contributed by atoms with E-state index in [1.165, 1.54) is 17.7 Å². The van der Waals surface area contributed by atoms with Gasteiger partial charge in [-0.3, -0.25) is 0 Å². The molecule has 0 radical (unpaired) electrons. The SMILES string of the molecule is COc1cccc(SCC2(CC#N)CC2)c1. The zero-order valence-electron chi connectivity index (χ0n) is 9.40. The van der Waals surface area contributed by atoms with E-state index in [2.05, 4.69) is 12.1 Å². The van der Waals surface area contributed by atoms with Crippen molar-refractivity contribution in [1.82, 2.24) is 0 Å². The molecule has 1 fully saturated rings. The summed E-state index contributed by atoms with van der Waals surface area (Å²) in [4.78, 5) is 1.23.